The molecule has 0 aromatic heterocycles. The molecule has 0 heterocycles. The minimum Gasteiger partial charge on any atom is -0.410 e. The van der Waals surface area contributed by atoms with Crippen LogP contribution in [-0.4, -0.2) is 86.2 Å². The number of ether oxygens (including phenoxy) is 2. The summed E-state index contributed by atoms with van der Waals surface area (Å²) in [6.07, 6.45) is 14.1. The number of para-hydroxylation sites is 2. The van der Waals surface area contributed by atoms with Crippen molar-refractivity contribution in [3.63, 3.8) is 0 Å². The standard InChI is InChI=1S/C38H62N4O4/c1-7-9-27-41(31-33-23-17-19-25-35(33)45-37(43)39(3)4)29-21-15-13-11-12-14-16-22-30-42(28-10-8-2)32-34-24-18-20-26-36(34)46-38(44)40(5)6/h17-20,23-26H,7-16,21-22,27-32H2,1-6H3. The van der Waals surface area contributed by atoms with Crippen LogP contribution in [0.2, 0.25) is 0 Å². The highest BCUT2D eigenvalue weighted by molar-refractivity contribution is 5.71. The van der Waals surface area contributed by atoms with Gasteiger partial charge in [-0.1, -0.05) is 102 Å². The van der Waals surface area contributed by atoms with Crippen LogP contribution in [0.1, 0.15) is 102 Å². The van der Waals surface area contributed by atoms with E-state index in [1.807, 2.05) is 36.4 Å². The van der Waals surface area contributed by atoms with Crippen molar-refractivity contribution in [1.82, 2.24) is 19.6 Å². The van der Waals surface area contributed by atoms with Crippen LogP contribution in [0.3, 0.4) is 0 Å². The summed E-state index contributed by atoms with van der Waals surface area (Å²) in [5.74, 6) is 1.32. The van der Waals surface area contributed by atoms with Crippen molar-refractivity contribution in [2.75, 3.05) is 54.4 Å². The van der Waals surface area contributed by atoms with Gasteiger partial charge in [-0.3, -0.25) is 9.80 Å². The first-order chi connectivity index (χ1) is 22.2. The zero-order valence-electron chi connectivity index (χ0n) is 29.8. The molecule has 0 saturated carbocycles. The Morgan fingerprint density at radius 3 is 1.17 bits per heavy atom. The van der Waals surface area contributed by atoms with Gasteiger partial charge in [0.2, 0.25) is 0 Å². The van der Waals surface area contributed by atoms with E-state index in [9.17, 15) is 9.59 Å². The van der Waals surface area contributed by atoms with Crippen LogP contribution in [-0.2, 0) is 13.1 Å². The first kappa shape index (κ1) is 39.1. The lowest BCUT2D eigenvalue weighted by Crippen LogP contribution is -2.28. The maximum atomic E-state index is 12.1. The number of hydrogen-bond acceptors (Lipinski definition) is 6. The molecule has 8 heteroatoms. The zero-order valence-corrected chi connectivity index (χ0v) is 29.8. The fourth-order valence-corrected chi connectivity index (χ4v) is 5.36. The molecule has 0 bridgehead atoms. The Labute approximate surface area is 280 Å². The van der Waals surface area contributed by atoms with Gasteiger partial charge in [-0.15, -0.1) is 0 Å². The minimum atomic E-state index is -0.341. The fraction of sp³-hybridized carbons (Fsp3) is 0.632. The number of carbonyl (C=O) groups is 2. The lowest BCUT2D eigenvalue weighted by atomic mass is 10.1. The molecule has 0 N–H and O–H groups in total. The van der Waals surface area contributed by atoms with Crippen LogP contribution in [0.4, 0.5) is 9.59 Å². The number of rotatable bonds is 23. The second-order valence-electron chi connectivity index (χ2n) is 12.8. The Balaban J connectivity index is 1.70. The third-order valence-corrected chi connectivity index (χ3v) is 8.21. The molecule has 0 radical (unpaired) electrons. The smallest absolute Gasteiger partial charge is 0.410 e. The van der Waals surface area contributed by atoms with Crippen molar-refractivity contribution >= 4 is 12.2 Å². The topological polar surface area (TPSA) is 65.6 Å². The highest BCUT2D eigenvalue weighted by Crippen LogP contribution is 2.23. The van der Waals surface area contributed by atoms with E-state index in [1.54, 1.807) is 28.2 Å². The average molecular weight is 639 g/mol. The molecule has 0 fully saturated rings. The highest BCUT2D eigenvalue weighted by atomic mass is 16.6. The van der Waals surface area contributed by atoms with Gasteiger partial charge in [0.25, 0.3) is 0 Å². The normalized spacial score (nSPS) is 11.2. The minimum absolute atomic E-state index is 0.341. The molecule has 46 heavy (non-hydrogen) atoms. The molecule has 2 rings (SSSR count). The van der Waals surface area contributed by atoms with Crippen LogP contribution in [0.25, 0.3) is 0 Å². The van der Waals surface area contributed by atoms with Crippen LogP contribution < -0.4 is 9.47 Å². The molecular formula is C38H62N4O4. The Hall–Kier alpha value is -3.10. The predicted octanol–water partition coefficient (Wildman–Crippen LogP) is 8.83. The molecule has 2 aromatic rings. The third kappa shape index (κ3) is 15.9. The SMILES string of the molecule is CCCCN(CCCCCCCCCCN(CCCC)Cc1ccccc1OC(=O)N(C)C)Cc1ccccc1OC(=O)N(C)C. The second kappa shape index (κ2) is 23.3. The molecule has 2 amide bonds. The summed E-state index contributed by atoms with van der Waals surface area (Å²) in [4.78, 5) is 32.2. The summed E-state index contributed by atoms with van der Waals surface area (Å²) in [5, 5.41) is 0. The van der Waals surface area contributed by atoms with Gasteiger partial charge in [-0.05, 0) is 64.0 Å². The Kier molecular flexibility index (Phi) is 19.8. The fourth-order valence-electron chi connectivity index (χ4n) is 5.36. The van der Waals surface area contributed by atoms with Gasteiger partial charge in [-0.25, -0.2) is 9.59 Å². The largest absolute Gasteiger partial charge is 0.414 e. The molecular weight excluding hydrogens is 576 g/mol. The van der Waals surface area contributed by atoms with Crippen LogP contribution in [0, 0.1) is 0 Å². The summed E-state index contributed by atoms with van der Waals surface area (Å²) in [7, 11) is 6.83. The zero-order chi connectivity index (χ0) is 33.6. The Bertz CT molecular complexity index is 1040. The first-order valence-electron chi connectivity index (χ1n) is 17.6. The van der Waals surface area contributed by atoms with Crippen LogP contribution in [0.15, 0.2) is 48.5 Å². The van der Waals surface area contributed by atoms with E-state index in [2.05, 4.69) is 35.8 Å². The van der Waals surface area contributed by atoms with Gasteiger partial charge in [0, 0.05) is 52.4 Å². The molecule has 0 atom stereocenters. The number of unbranched alkanes of at least 4 members (excludes halogenated alkanes) is 9. The maximum absolute atomic E-state index is 12.1. The van der Waals surface area contributed by atoms with Crippen molar-refractivity contribution < 1.29 is 19.1 Å². The molecule has 258 valence electrons. The third-order valence-electron chi connectivity index (χ3n) is 8.21. The van der Waals surface area contributed by atoms with Crippen LogP contribution in [0.5, 0.6) is 11.5 Å². The van der Waals surface area contributed by atoms with Gasteiger partial charge in [0.05, 0.1) is 0 Å². The van der Waals surface area contributed by atoms with E-state index >= 15 is 0 Å². The highest BCUT2D eigenvalue weighted by Gasteiger charge is 2.15. The van der Waals surface area contributed by atoms with Crippen molar-refractivity contribution in [2.24, 2.45) is 0 Å². The predicted molar refractivity (Wildman–Crippen MR) is 190 cm³/mol. The van der Waals surface area contributed by atoms with Gasteiger partial charge >= 0.3 is 12.2 Å². The van der Waals surface area contributed by atoms with Crippen molar-refractivity contribution in [3.05, 3.63) is 59.7 Å². The summed E-state index contributed by atoms with van der Waals surface area (Å²) in [6.45, 7) is 10.3. The lowest BCUT2D eigenvalue weighted by molar-refractivity contribution is 0.169. The molecule has 0 aliphatic rings. The van der Waals surface area contributed by atoms with E-state index in [0.29, 0.717) is 11.5 Å². The quantitative estimate of drug-likeness (QED) is 0.113. The molecule has 2 aromatic carbocycles. The van der Waals surface area contributed by atoms with Gasteiger partial charge in [0.15, 0.2) is 0 Å². The number of benzene rings is 2. The molecule has 0 aliphatic carbocycles. The van der Waals surface area contributed by atoms with E-state index < -0.39 is 0 Å². The van der Waals surface area contributed by atoms with Crippen molar-refractivity contribution in [1.29, 1.82) is 0 Å². The first-order valence-corrected chi connectivity index (χ1v) is 17.6. The molecule has 8 nitrogen and oxygen atoms in total. The molecule has 0 aliphatic heterocycles. The number of hydrogen-bond donors (Lipinski definition) is 0. The van der Waals surface area contributed by atoms with E-state index in [4.69, 9.17) is 9.47 Å². The number of amides is 2. The van der Waals surface area contributed by atoms with E-state index in [0.717, 1.165) is 50.4 Å². The van der Waals surface area contributed by atoms with E-state index in [1.165, 1.54) is 86.8 Å². The number of nitrogens with zero attached hydrogens (tertiary/aromatic N) is 4. The summed E-state index contributed by atoms with van der Waals surface area (Å²) in [5.41, 5.74) is 2.14. The monoisotopic (exact) mass is 638 g/mol. The Morgan fingerprint density at radius 1 is 0.500 bits per heavy atom. The van der Waals surface area contributed by atoms with Gasteiger partial charge < -0.3 is 19.3 Å². The van der Waals surface area contributed by atoms with Gasteiger partial charge in [0.1, 0.15) is 11.5 Å². The molecule has 0 spiro atoms. The van der Waals surface area contributed by atoms with Crippen LogP contribution >= 0.6 is 0 Å². The number of carbonyl (C=O) groups excluding carboxylic acids is 2. The van der Waals surface area contributed by atoms with Crippen molar-refractivity contribution in [3.8, 4) is 11.5 Å². The van der Waals surface area contributed by atoms with E-state index in [-0.39, 0.29) is 12.2 Å². The summed E-state index contributed by atoms with van der Waals surface area (Å²) < 4.78 is 11.3. The lowest BCUT2D eigenvalue weighted by Gasteiger charge is -2.24. The van der Waals surface area contributed by atoms with Crippen molar-refractivity contribution in [2.45, 2.75) is 104 Å². The van der Waals surface area contributed by atoms with Gasteiger partial charge in [-0.2, -0.15) is 0 Å². The maximum Gasteiger partial charge on any atom is 0.414 e. The molecule has 0 saturated heterocycles. The average Bonchev–Trinajstić information content (AvgIpc) is 3.04. The molecule has 0 unspecified atom stereocenters. The Morgan fingerprint density at radius 2 is 0.826 bits per heavy atom. The summed E-state index contributed by atoms with van der Waals surface area (Å²) in [6, 6.07) is 15.8. The summed E-state index contributed by atoms with van der Waals surface area (Å²) >= 11 is 0. The second-order valence-corrected chi connectivity index (χ2v) is 12.8.